The molecule has 0 spiro atoms. The Balaban J connectivity index is 1.44. The first-order valence-corrected chi connectivity index (χ1v) is 11.0. The van der Waals surface area contributed by atoms with Crippen molar-refractivity contribution in [3.63, 3.8) is 0 Å². The Kier molecular flexibility index (Phi) is 6.44. The molecule has 0 saturated heterocycles. The lowest BCUT2D eigenvalue weighted by Gasteiger charge is -2.32. The molecule has 164 valence electrons. The number of methoxy groups -OCH3 is 2. The number of carbonyl (C=O) groups excluding carboxylic acids is 2. The molecule has 2 aromatic carbocycles. The van der Waals surface area contributed by atoms with Gasteiger partial charge in [0.25, 0.3) is 0 Å². The van der Waals surface area contributed by atoms with Gasteiger partial charge in [0.2, 0.25) is 11.8 Å². The second kappa shape index (κ2) is 9.41. The van der Waals surface area contributed by atoms with E-state index < -0.39 is 0 Å². The maximum Gasteiger partial charge on any atom is 0.230 e. The van der Waals surface area contributed by atoms with Crippen LogP contribution in [0, 0.1) is 11.8 Å². The predicted octanol–water partition coefficient (Wildman–Crippen LogP) is 3.72. The number of ether oxygens (including phenoxy) is 2. The van der Waals surface area contributed by atoms with E-state index in [9.17, 15) is 9.59 Å². The van der Waals surface area contributed by atoms with Crippen LogP contribution < -0.4 is 19.7 Å². The lowest BCUT2D eigenvalue weighted by atomic mass is 9.77. The van der Waals surface area contributed by atoms with Crippen molar-refractivity contribution in [1.82, 2.24) is 5.32 Å². The van der Waals surface area contributed by atoms with Crippen LogP contribution >= 0.6 is 0 Å². The fourth-order valence-electron chi connectivity index (χ4n) is 4.82. The average molecular weight is 423 g/mol. The lowest BCUT2D eigenvalue weighted by molar-refractivity contribution is -0.135. The molecule has 0 bridgehead atoms. The van der Waals surface area contributed by atoms with Crippen LogP contribution in [0.4, 0.5) is 5.69 Å². The molecule has 2 aliphatic rings. The van der Waals surface area contributed by atoms with E-state index >= 15 is 0 Å². The molecule has 2 amide bonds. The van der Waals surface area contributed by atoms with Crippen LogP contribution in [0.1, 0.15) is 36.8 Å². The van der Waals surface area contributed by atoms with Gasteiger partial charge in [-0.1, -0.05) is 37.1 Å². The number of hydrogen-bond donors (Lipinski definition) is 1. The van der Waals surface area contributed by atoms with Crippen molar-refractivity contribution in [3.8, 4) is 11.5 Å². The lowest BCUT2D eigenvalue weighted by Crippen LogP contribution is -2.45. The summed E-state index contributed by atoms with van der Waals surface area (Å²) in [4.78, 5) is 28.4. The largest absolute Gasteiger partial charge is 0.493 e. The van der Waals surface area contributed by atoms with Gasteiger partial charge in [-0.2, -0.15) is 0 Å². The molecule has 1 heterocycles. The highest BCUT2D eigenvalue weighted by molar-refractivity contribution is 5.99. The molecule has 1 fully saturated rings. The van der Waals surface area contributed by atoms with E-state index in [-0.39, 0.29) is 23.7 Å². The highest BCUT2D eigenvalue weighted by Crippen LogP contribution is 2.36. The molecule has 6 heteroatoms. The Morgan fingerprint density at radius 3 is 2.52 bits per heavy atom. The number of benzene rings is 2. The first kappa shape index (κ1) is 21.2. The normalized spacial score (nSPS) is 20.1. The van der Waals surface area contributed by atoms with Crippen LogP contribution in [0.3, 0.4) is 0 Å². The van der Waals surface area contributed by atoms with Gasteiger partial charge in [0.1, 0.15) is 0 Å². The zero-order valence-electron chi connectivity index (χ0n) is 18.2. The fourth-order valence-corrected chi connectivity index (χ4v) is 4.82. The molecule has 1 N–H and O–H groups in total. The van der Waals surface area contributed by atoms with Gasteiger partial charge in [-0.05, 0) is 48.6 Å². The maximum absolute atomic E-state index is 13.4. The number of rotatable bonds is 6. The van der Waals surface area contributed by atoms with E-state index in [0.29, 0.717) is 24.6 Å². The van der Waals surface area contributed by atoms with E-state index in [1.165, 1.54) is 5.56 Å². The molecule has 4 rings (SSSR count). The van der Waals surface area contributed by atoms with E-state index in [4.69, 9.17) is 9.47 Å². The molecule has 1 aliphatic carbocycles. The smallest absolute Gasteiger partial charge is 0.230 e. The number of hydrogen-bond acceptors (Lipinski definition) is 4. The van der Waals surface area contributed by atoms with Crippen molar-refractivity contribution in [2.24, 2.45) is 11.8 Å². The van der Waals surface area contributed by atoms with Crippen molar-refractivity contribution in [2.75, 3.05) is 25.7 Å². The Hall–Kier alpha value is -3.02. The minimum Gasteiger partial charge on any atom is -0.493 e. The van der Waals surface area contributed by atoms with Gasteiger partial charge in [0.15, 0.2) is 11.5 Å². The molecular formula is C25H30N2O4. The number of anilines is 1. The first-order valence-electron chi connectivity index (χ1n) is 11.0. The summed E-state index contributed by atoms with van der Waals surface area (Å²) in [5.41, 5.74) is 3.14. The first-order chi connectivity index (χ1) is 15.1. The van der Waals surface area contributed by atoms with E-state index in [1.807, 2.05) is 41.3 Å². The van der Waals surface area contributed by atoms with Crippen LogP contribution in [0.25, 0.3) is 0 Å². The number of nitrogens with one attached hydrogen (secondary N) is 1. The monoisotopic (exact) mass is 422 g/mol. The average Bonchev–Trinajstić information content (AvgIpc) is 3.26. The molecule has 6 nitrogen and oxygen atoms in total. The Morgan fingerprint density at radius 2 is 1.74 bits per heavy atom. The SMILES string of the molecule is COc1ccc(CNC(=O)C2CCCCC2C(=O)N2CCc3ccccc32)cc1OC. The Bertz CT molecular complexity index is 958. The van der Waals surface area contributed by atoms with Gasteiger partial charge < -0.3 is 19.7 Å². The van der Waals surface area contributed by atoms with Crippen LogP contribution in [0.5, 0.6) is 11.5 Å². The second-order valence-electron chi connectivity index (χ2n) is 8.27. The van der Waals surface area contributed by atoms with Gasteiger partial charge >= 0.3 is 0 Å². The minimum absolute atomic E-state index is 0.0414. The summed E-state index contributed by atoms with van der Waals surface area (Å²) in [6, 6.07) is 13.7. The summed E-state index contributed by atoms with van der Waals surface area (Å²) in [6.07, 6.45) is 4.38. The van der Waals surface area contributed by atoms with E-state index in [2.05, 4.69) is 11.4 Å². The zero-order chi connectivity index (χ0) is 21.8. The predicted molar refractivity (Wildman–Crippen MR) is 119 cm³/mol. The van der Waals surface area contributed by atoms with Crippen molar-refractivity contribution < 1.29 is 19.1 Å². The Morgan fingerprint density at radius 1 is 1.00 bits per heavy atom. The van der Waals surface area contributed by atoms with Crippen molar-refractivity contribution in [3.05, 3.63) is 53.6 Å². The standard InChI is InChI=1S/C25H30N2O4/c1-30-22-12-11-17(15-23(22)31-2)16-26-24(28)19-8-4-5-9-20(19)25(29)27-14-13-18-7-3-6-10-21(18)27/h3,6-7,10-12,15,19-20H,4-5,8-9,13-14,16H2,1-2H3,(H,26,28). The molecule has 1 saturated carbocycles. The summed E-state index contributed by atoms with van der Waals surface area (Å²) in [7, 11) is 3.19. The minimum atomic E-state index is -0.283. The van der Waals surface area contributed by atoms with Crippen molar-refractivity contribution in [2.45, 2.75) is 38.6 Å². The molecule has 31 heavy (non-hydrogen) atoms. The van der Waals surface area contributed by atoms with Crippen LogP contribution in [0.2, 0.25) is 0 Å². The molecule has 2 atom stereocenters. The van der Waals surface area contributed by atoms with Crippen LogP contribution in [0.15, 0.2) is 42.5 Å². The van der Waals surface area contributed by atoms with Gasteiger partial charge in [0.05, 0.1) is 20.1 Å². The van der Waals surface area contributed by atoms with Crippen molar-refractivity contribution in [1.29, 1.82) is 0 Å². The number of amides is 2. The van der Waals surface area contributed by atoms with Gasteiger partial charge in [-0.25, -0.2) is 0 Å². The molecule has 0 aromatic heterocycles. The third-order valence-electron chi connectivity index (χ3n) is 6.49. The molecular weight excluding hydrogens is 392 g/mol. The second-order valence-corrected chi connectivity index (χ2v) is 8.27. The summed E-state index contributed by atoms with van der Waals surface area (Å²) < 4.78 is 10.6. The van der Waals surface area contributed by atoms with Crippen molar-refractivity contribution >= 4 is 17.5 Å². The molecule has 2 unspecified atom stereocenters. The third-order valence-corrected chi connectivity index (χ3v) is 6.49. The summed E-state index contributed by atoms with van der Waals surface area (Å²) in [5, 5.41) is 3.05. The molecule has 0 radical (unpaired) electrons. The quantitative estimate of drug-likeness (QED) is 0.771. The van der Waals surface area contributed by atoms with E-state index in [0.717, 1.165) is 43.4 Å². The molecule has 1 aliphatic heterocycles. The zero-order valence-corrected chi connectivity index (χ0v) is 18.2. The number of nitrogens with zero attached hydrogens (tertiary/aromatic N) is 1. The summed E-state index contributed by atoms with van der Waals surface area (Å²) in [5.74, 6) is 0.796. The van der Waals surface area contributed by atoms with Gasteiger partial charge in [-0.15, -0.1) is 0 Å². The maximum atomic E-state index is 13.4. The molecule has 2 aromatic rings. The highest BCUT2D eigenvalue weighted by atomic mass is 16.5. The highest BCUT2D eigenvalue weighted by Gasteiger charge is 2.39. The summed E-state index contributed by atoms with van der Waals surface area (Å²) >= 11 is 0. The van der Waals surface area contributed by atoms with Crippen LogP contribution in [-0.4, -0.2) is 32.6 Å². The van der Waals surface area contributed by atoms with Gasteiger partial charge in [-0.3, -0.25) is 9.59 Å². The number of para-hydroxylation sites is 1. The number of fused-ring (bicyclic) bond motifs is 1. The fraction of sp³-hybridized carbons (Fsp3) is 0.440. The topological polar surface area (TPSA) is 67.9 Å². The third kappa shape index (κ3) is 4.38. The summed E-state index contributed by atoms with van der Waals surface area (Å²) in [6.45, 7) is 1.10. The number of carbonyl (C=O) groups is 2. The van der Waals surface area contributed by atoms with Crippen LogP contribution in [-0.2, 0) is 22.6 Å². The van der Waals surface area contributed by atoms with E-state index in [1.54, 1.807) is 14.2 Å². The van der Waals surface area contributed by atoms with Gasteiger partial charge in [0, 0.05) is 24.7 Å². The Labute approximate surface area is 183 Å².